The quantitative estimate of drug-likeness (QED) is 0.598. The zero-order valence-electron chi connectivity index (χ0n) is 12.3. The van der Waals surface area contributed by atoms with Crippen LogP contribution < -0.4 is 0 Å². The summed E-state index contributed by atoms with van der Waals surface area (Å²) in [6.45, 7) is 1.88. The van der Waals surface area contributed by atoms with Crippen molar-refractivity contribution in [1.82, 2.24) is 14.8 Å². The summed E-state index contributed by atoms with van der Waals surface area (Å²) in [7, 11) is 0. The van der Waals surface area contributed by atoms with Crippen molar-refractivity contribution >= 4 is 33.4 Å². The Morgan fingerprint density at radius 3 is 2.54 bits per heavy atom. The molecule has 0 aliphatic carbocycles. The van der Waals surface area contributed by atoms with Crippen LogP contribution in [0.4, 0.5) is 19.0 Å². The van der Waals surface area contributed by atoms with E-state index in [1.165, 1.54) is 13.8 Å². The van der Waals surface area contributed by atoms with Crippen LogP contribution in [0.25, 0.3) is 0 Å². The number of hydrazone groups is 1. The van der Waals surface area contributed by atoms with Gasteiger partial charge in [0.25, 0.3) is 11.6 Å². The van der Waals surface area contributed by atoms with E-state index in [-0.39, 0.29) is 20.9 Å². The number of hydrogen-bond acceptors (Lipinski definition) is 6. The van der Waals surface area contributed by atoms with E-state index in [0.29, 0.717) is 0 Å². The van der Waals surface area contributed by atoms with Crippen LogP contribution in [0.3, 0.4) is 0 Å². The number of halogens is 4. The van der Waals surface area contributed by atoms with Crippen molar-refractivity contribution in [2.24, 2.45) is 5.10 Å². The number of amides is 1. The van der Waals surface area contributed by atoms with Gasteiger partial charge in [0, 0.05) is 12.1 Å². The van der Waals surface area contributed by atoms with Gasteiger partial charge in [0.05, 0.1) is 10.8 Å². The summed E-state index contributed by atoms with van der Waals surface area (Å²) < 4.78 is 40.1. The molecule has 1 atom stereocenters. The van der Waals surface area contributed by atoms with Crippen molar-refractivity contribution in [3.63, 3.8) is 0 Å². The molecule has 0 saturated heterocycles. The molecule has 2 rings (SSSR count). The van der Waals surface area contributed by atoms with Gasteiger partial charge >= 0.3 is 12.0 Å². The van der Waals surface area contributed by atoms with Crippen LogP contribution in [0, 0.1) is 17.0 Å². The fraction of sp³-hybridized carbons (Fsp3) is 0.545. The standard InChI is InChI=1S/C11H11BrF3N5O4/c1-5-3-10(22,11(13,14)15)19(16-5)7(21)4-18-6(2)8(12)9(17-18)20(23)24/h22H,3-4H2,1-2H3. The second kappa shape index (κ2) is 5.81. The highest BCUT2D eigenvalue weighted by Crippen LogP contribution is 2.40. The van der Waals surface area contributed by atoms with Gasteiger partial charge in [-0.25, -0.2) is 0 Å². The molecule has 1 N–H and O–H groups in total. The summed E-state index contributed by atoms with van der Waals surface area (Å²) in [6.07, 6.45) is -5.99. The van der Waals surface area contributed by atoms with Crippen LogP contribution in [0.1, 0.15) is 19.0 Å². The molecule has 1 aromatic rings. The molecule has 2 heterocycles. The highest BCUT2D eigenvalue weighted by atomic mass is 79.9. The fourth-order valence-corrected chi connectivity index (χ4v) is 2.61. The number of carbonyl (C=O) groups excluding carboxylic acids is 1. The summed E-state index contributed by atoms with van der Waals surface area (Å²) in [5, 5.41) is 27.6. The SMILES string of the molecule is CC1=NN(C(=O)Cn2nc([N+](=O)[O-])c(Br)c2C)C(O)(C(F)(F)F)C1. The molecular formula is C11H11BrF3N5O4. The lowest BCUT2D eigenvalue weighted by Gasteiger charge is -2.32. The molecule has 0 fully saturated rings. The normalized spacial score (nSPS) is 21.1. The van der Waals surface area contributed by atoms with Gasteiger partial charge in [0.1, 0.15) is 11.0 Å². The van der Waals surface area contributed by atoms with Crippen LogP contribution in [-0.2, 0) is 11.3 Å². The van der Waals surface area contributed by atoms with Gasteiger partial charge in [0.15, 0.2) is 0 Å². The van der Waals surface area contributed by atoms with E-state index >= 15 is 0 Å². The van der Waals surface area contributed by atoms with Crippen LogP contribution in [0.15, 0.2) is 9.57 Å². The molecule has 1 unspecified atom stereocenters. The average Bonchev–Trinajstić information content (AvgIpc) is 2.90. The van der Waals surface area contributed by atoms with Crippen molar-refractivity contribution in [3.05, 3.63) is 20.3 Å². The fourth-order valence-electron chi connectivity index (χ4n) is 2.18. The number of nitrogens with zero attached hydrogens (tertiary/aromatic N) is 5. The lowest BCUT2D eigenvalue weighted by atomic mass is 10.1. The molecule has 1 amide bonds. The second-order valence-electron chi connectivity index (χ2n) is 5.17. The van der Waals surface area contributed by atoms with Gasteiger partial charge < -0.3 is 15.2 Å². The Balaban J connectivity index is 2.33. The predicted molar refractivity (Wildman–Crippen MR) is 76.9 cm³/mol. The lowest BCUT2D eigenvalue weighted by Crippen LogP contribution is -2.57. The summed E-state index contributed by atoms with van der Waals surface area (Å²) in [4.78, 5) is 22.2. The van der Waals surface area contributed by atoms with E-state index in [9.17, 15) is 33.2 Å². The molecule has 132 valence electrons. The molecule has 9 nitrogen and oxygen atoms in total. The van der Waals surface area contributed by atoms with Crippen LogP contribution in [-0.4, -0.2) is 48.3 Å². The summed E-state index contributed by atoms with van der Waals surface area (Å²) in [6, 6.07) is 0. The van der Waals surface area contributed by atoms with Gasteiger partial charge in [-0.3, -0.25) is 4.79 Å². The summed E-state index contributed by atoms with van der Waals surface area (Å²) in [5.41, 5.74) is -3.35. The van der Waals surface area contributed by atoms with E-state index in [1.54, 1.807) is 0 Å². The zero-order chi connectivity index (χ0) is 18.4. The minimum Gasteiger partial charge on any atom is -0.362 e. The molecule has 0 saturated carbocycles. The Bertz CT molecular complexity index is 747. The van der Waals surface area contributed by atoms with Gasteiger partial charge in [0.2, 0.25) is 0 Å². The minimum absolute atomic E-state index is 0.00693. The maximum atomic E-state index is 13.1. The van der Waals surface area contributed by atoms with Crippen molar-refractivity contribution in [3.8, 4) is 0 Å². The molecule has 1 aromatic heterocycles. The van der Waals surface area contributed by atoms with Gasteiger partial charge in [-0.2, -0.15) is 28.0 Å². The van der Waals surface area contributed by atoms with E-state index in [1.807, 2.05) is 0 Å². The first-order valence-corrected chi connectivity index (χ1v) is 7.21. The monoisotopic (exact) mass is 413 g/mol. The van der Waals surface area contributed by atoms with Crippen molar-refractivity contribution < 1.29 is 28.0 Å². The van der Waals surface area contributed by atoms with E-state index in [0.717, 1.165) is 4.68 Å². The molecule has 0 aromatic carbocycles. The molecule has 1 aliphatic rings. The van der Waals surface area contributed by atoms with Crippen LogP contribution >= 0.6 is 15.9 Å². The molecule has 0 radical (unpaired) electrons. The Kier molecular flexibility index (Phi) is 4.43. The largest absolute Gasteiger partial charge is 0.438 e. The minimum atomic E-state index is -5.12. The van der Waals surface area contributed by atoms with Gasteiger partial charge in [-0.1, -0.05) is 0 Å². The van der Waals surface area contributed by atoms with Gasteiger partial charge in [-0.05, 0) is 34.7 Å². The lowest BCUT2D eigenvalue weighted by molar-refractivity contribution is -0.390. The molecule has 1 aliphatic heterocycles. The number of rotatable bonds is 3. The number of aromatic nitrogens is 2. The predicted octanol–water partition coefficient (Wildman–Crippen LogP) is 1.72. The first-order valence-electron chi connectivity index (χ1n) is 6.42. The molecule has 13 heteroatoms. The highest BCUT2D eigenvalue weighted by molar-refractivity contribution is 9.10. The van der Waals surface area contributed by atoms with Gasteiger partial charge in [-0.15, -0.1) is 0 Å². The first-order chi connectivity index (χ1) is 10.9. The average molecular weight is 414 g/mol. The van der Waals surface area contributed by atoms with E-state index < -0.39 is 41.5 Å². The number of alkyl halides is 3. The second-order valence-corrected chi connectivity index (χ2v) is 5.96. The Morgan fingerprint density at radius 2 is 2.08 bits per heavy atom. The summed E-state index contributed by atoms with van der Waals surface area (Å²) >= 11 is 2.93. The van der Waals surface area contributed by atoms with Crippen molar-refractivity contribution in [2.45, 2.75) is 38.7 Å². The Labute approximate surface area is 141 Å². The van der Waals surface area contributed by atoms with E-state index in [4.69, 9.17) is 0 Å². The number of nitro groups is 1. The Hall–Kier alpha value is -2.02. The topological polar surface area (TPSA) is 114 Å². The third kappa shape index (κ3) is 2.88. The van der Waals surface area contributed by atoms with Crippen LogP contribution in [0.5, 0.6) is 0 Å². The molecular weight excluding hydrogens is 403 g/mol. The summed E-state index contributed by atoms with van der Waals surface area (Å²) in [5.74, 6) is -1.79. The number of carbonyl (C=O) groups is 1. The third-order valence-electron chi connectivity index (χ3n) is 3.39. The Morgan fingerprint density at radius 1 is 1.50 bits per heavy atom. The maximum absolute atomic E-state index is 13.1. The molecule has 0 spiro atoms. The van der Waals surface area contributed by atoms with Crippen molar-refractivity contribution in [2.75, 3.05) is 0 Å². The zero-order valence-corrected chi connectivity index (χ0v) is 13.9. The van der Waals surface area contributed by atoms with Crippen LogP contribution in [0.2, 0.25) is 0 Å². The van der Waals surface area contributed by atoms with Crippen molar-refractivity contribution in [1.29, 1.82) is 0 Å². The number of hydrogen-bond donors (Lipinski definition) is 1. The molecule has 24 heavy (non-hydrogen) atoms. The van der Waals surface area contributed by atoms with E-state index in [2.05, 4.69) is 26.1 Å². The smallest absolute Gasteiger partial charge is 0.362 e. The first kappa shape index (κ1) is 18.3. The highest BCUT2D eigenvalue weighted by Gasteiger charge is 2.62. The number of aliphatic hydroxyl groups is 1. The third-order valence-corrected chi connectivity index (χ3v) is 4.32. The maximum Gasteiger partial charge on any atom is 0.438 e. The molecule has 0 bridgehead atoms.